The van der Waals surface area contributed by atoms with E-state index < -0.39 is 0 Å². The number of benzene rings is 2. The van der Waals surface area contributed by atoms with Gasteiger partial charge in [-0.3, -0.25) is 4.79 Å². The molecule has 0 aromatic heterocycles. The molecule has 0 atom stereocenters. The molecular weight excluding hydrogens is 320 g/mol. The third-order valence-electron chi connectivity index (χ3n) is 3.67. The minimum absolute atomic E-state index is 0.154. The Morgan fingerprint density at radius 1 is 1.21 bits per heavy atom. The van der Waals surface area contributed by atoms with Crippen LogP contribution in [0.1, 0.15) is 12.5 Å². The largest absolute Gasteiger partial charge is 0.496 e. The predicted octanol–water partition coefficient (Wildman–Crippen LogP) is 4.16. The molecule has 0 saturated carbocycles. The number of allylic oxidation sites excluding steroid dienone is 1. The lowest BCUT2D eigenvalue weighted by molar-refractivity contribution is -0.112. The van der Waals surface area contributed by atoms with Crippen LogP contribution >= 0.6 is 11.8 Å². The first kappa shape index (κ1) is 16.2. The number of carbonyl (C=O) groups excluding carboxylic acids is 1. The highest BCUT2D eigenvalue weighted by molar-refractivity contribution is 8.04. The smallest absolute Gasteiger partial charge is 0.265 e. The number of para-hydroxylation sites is 1. The summed E-state index contributed by atoms with van der Waals surface area (Å²) < 4.78 is 5.46. The first-order chi connectivity index (χ1) is 11.7. The fourth-order valence-electron chi connectivity index (χ4n) is 2.48. The van der Waals surface area contributed by atoms with Gasteiger partial charge in [-0.1, -0.05) is 30.3 Å². The average Bonchev–Trinajstić information content (AvgIpc) is 2.62. The van der Waals surface area contributed by atoms with E-state index >= 15 is 0 Å². The molecule has 24 heavy (non-hydrogen) atoms. The first-order valence-electron chi connectivity index (χ1n) is 7.56. The number of nitrogens with one attached hydrogen (secondary N) is 1. The van der Waals surface area contributed by atoms with Gasteiger partial charge in [0.2, 0.25) is 0 Å². The number of nitriles is 1. The van der Waals surface area contributed by atoms with Crippen LogP contribution in [0.5, 0.6) is 0 Å². The summed E-state index contributed by atoms with van der Waals surface area (Å²) in [5.74, 6) is 1.29. The maximum atomic E-state index is 12.5. The van der Waals surface area contributed by atoms with Crippen LogP contribution in [0, 0.1) is 11.3 Å². The van der Waals surface area contributed by atoms with Crippen molar-refractivity contribution in [3.8, 4) is 17.2 Å². The van der Waals surface area contributed by atoms with Crippen molar-refractivity contribution in [1.29, 1.82) is 5.26 Å². The minimum Gasteiger partial charge on any atom is -0.496 e. The summed E-state index contributed by atoms with van der Waals surface area (Å²) in [5.41, 5.74) is 3.20. The van der Waals surface area contributed by atoms with Crippen molar-refractivity contribution < 1.29 is 9.53 Å². The third-order valence-corrected chi connectivity index (χ3v) is 4.81. The molecule has 0 radical (unpaired) electrons. The second kappa shape index (κ2) is 7.24. The summed E-state index contributed by atoms with van der Waals surface area (Å²) in [5, 5.41) is 11.9. The van der Waals surface area contributed by atoms with Gasteiger partial charge in [0.05, 0.1) is 18.2 Å². The Labute approximate surface area is 145 Å². The molecule has 1 amide bonds. The molecular formula is C19H16N2O2S. The summed E-state index contributed by atoms with van der Waals surface area (Å²) in [6.07, 6.45) is 0. The van der Waals surface area contributed by atoms with Crippen LogP contribution in [0.4, 0.5) is 5.69 Å². The maximum Gasteiger partial charge on any atom is 0.265 e. The van der Waals surface area contributed by atoms with E-state index in [2.05, 4.69) is 11.4 Å². The SMILES string of the molecule is CC1=C(C(=O)Nc2ccccc2-c2ccc(C#N)cc2)SCCO1. The summed E-state index contributed by atoms with van der Waals surface area (Å²) in [6.45, 7) is 2.45. The number of carbonyl (C=O) groups is 1. The van der Waals surface area contributed by atoms with Gasteiger partial charge in [0.15, 0.2) is 0 Å². The number of thioether (sulfide) groups is 1. The van der Waals surface area contributed by atoms with Crippen LogP contribution in [0.15, 0.2) is 59.2 Å². The van der Waals surface area contributed by atoms with Gasteiger partial charge in [0.25, 0.3) is 5.91 Å². The van der Waals surface area contributed by atoms with E-state index in [-0.39, 0.29) is 5.91 Å². The molecule has 5 heteroatoms. The van der Waals surface area contributed by atoms with E-state index in [1.54, 1.807) is 12.1 Å². The zero-order valence-corrected chi connectivity index (χ0v) is 14.0. The van der Waals surface area contributed by atoms with Gasteiger partial charge in [0.1, 0.15) is 10.7 Å². The third kappa shape index (κ3) is 3.44. The number of hydrogen-bond donors (Lipinski definition) is 1. The van der Waals surface area contributed by atoms with E-state index in [0.29, 0.717) is 22.8 Å². The van der Waals surface area contributed by atoms with Gasteiger partial charge in [-0.05, 0) is 30.7 Å². The quantitative estimate of drug-likeness (QED) is 0.914. The van der Waals surface area contributed by atoms with Crippen molar-refractivity contribution in [3.63, 3.8) is 0 Å². The Balaban J connectivity index is 1.89. The second-order valence-electron chi connectivity index (χ2n) is 5.27. The fraction of sp³-hybridized carbons (Fsp3) is 0.158. The second-order valence-corrected chi connectivity index (χ2v) is 6.38. The molecule has 0 bridgehead atoms. The summed E-state index contributed by atoms with van der Waals surface area (Å²) >= 11 is 1.51. The molecule has 1 aliphatic heterocycles. The highest BCUT2D eigenvalue weighted by atomic mass is 32.2. The van der Waals surface area contributed by atoms with Crippen molar-refractivity contribution in [2.24, 2.45) is 0 Å². The molecule has 1 heterocycles. The normalized spacial score (nSPS) is 13.8. The number of ether oxygens (including phenoxy) is 1. The van der Waals surface area contributed by atoms with Gasteiger partial charge in [-0.2, -0.15) is 5.26 Å². The van der Waals surface area contributed by atoms with Gasteiger partial charge >= 0.3 is 0 Å². The predicted molar refractivity (Wildman–Crippen MR) is 96.3 cm³/mol. The Morgan fingerprint density at radius 2 is 1.96 bits per heavy atom. The van der Waals surface area contributed by atoms with Crippen LogP contribution < -0.4 is 5.32 Å². The van der Waals surface area contributed by atoms with Crippen molar-refractivity contribution in [2.45, 2.75) is 6.92 Å². The molecule has 2 aromatic carbocycles. The zero-order valence-electron chi connectivity index (χ0n) is 13.2. The molecule has 120 valence electrons. The van der Waals surface area contributed by atoms with Crippen molar-refractivity contribution in [3.05, 3.63) is 64.8 Å². The van der Waals surface area contributed by atoms with E-state index in [9.17, 15) is 4.79 Å². The van der Waals surface area contributed by atoms with Crippen LogP contribution in [0.2, 0.25) is 0 Å². The zero-order chi connectivity index (χ0) is 16.9. The minimum atomic E-state index is -0.154. The lowest BCUT2D eigenvalue weighted by Crippen LogP contribution is -2.18. The number of nitrogens with zero attached hydrogens (tertiary/aromatic N) is 1. The molecule has 0 saturated heterocycles. The average molecular weight is 336 g/mol. The van der Waals surface area contributed by atoms with E-state index in [0.717, 1.165) is 22.6 Å². The van der Waals surface area contributed by atoms with Crippen molar-refractivity contribution in [1.82, 2.24) is 0 Å². The molecule has 0 fully saturated rings. The lowest BCUT2D eigenvalue weighted by Gasteiger charge is -2.18. The number of anilines is 1. The number of amides is 1. The molecule has 0 aliphatic carbocycles. The molecule has 1 N–H and O–H groups in total. The molecule has 0 spiro atoms. The lowest BCUT2D eigenvalue weighted by atomic mass is 10.0. The first-order valence-corrected chi connectivity index (χ1v) is 8.55. The standard InChI is InChI=1S/C19H16N2O2S/c1-13-18(24-11-10-23-13)19(22)21-17-5-3-2-4-16(17)15-8-6-14(12-20)7-9-15/h2-9H,10-11H2,1H3,(H,21,22). The molecule has 4 nitrogen and oxygen atoms in total. The van der Waals surface area contributed by atoms with Crippen LogP contribution in [0.3, 0.4) is 0 Å². The Hall–Kier alpha value is -2.71. The number of hydrogen-bond acceptors (Lipinski definition) is 4. The van der Waals surface area contributed by atoms with Crippen LogP contribution in [-0.4, -0.2) is 18.3 Å². The highest BCUT2D eigenvalue weighted by Gasteiger charge is 2.19. The Morgan fingerprint density at radius 3 is 2.67 bits per heavy atom. The van der Waals surface area contributed by atoms with Gasteiger partial charge in [0, 0.05) is 17.0 Å². The van der Waals surface area contributed by atoms with E-state index in [1.165, 1.54) is 11.8 Å². The fourth-order valence-corrected chi connectivity index (χ4v) is 3.29. The Bertz CT molecular complexity index is 835. The van der Waals surface area contributed by atoms with Crippen LogP contribution in [-0.2, 0) is 9.53 Å². The Kier molecular flexibility index (Phi) is 4.88. The van der Waals surface area contributed by atoms with Crippen molar-refractivity contribution in [2.75, 3.05) is 17.7 Å². The van der Waals surface area contributed by atoms with E-state index in [4.69, 9.17) is 10.00 Å². The summed E-state index contributed by atoms with van der Waals surface area (Å²) in [7, 11) is 0. The van der Waals surface area contributed by atoms with Gasteiger partial charge < -0.3 is 10.1 Å². The molecule has 2 aromatic rings. The van der Waals surface area contributed by atoms with Gasteiger partial charge in [-0.15, -0.1) is 11.8 Å². The summed E-state index contributed by atoms with van der Waals surface area (Å²) in [6, 6.07) is 17.0. The molecule has 0 unspecified atom stereocenters. The summed E-state index contributed by atoms with van der Waals surface area (Å²) in [4.78, 5) is 13.2. The topological polar surface area (TPSA) is 62.1 Å². The van der Waals surface area contributed by atoms with Gasteiger partial charge in [-0.25, -0.2) is 0 Å². The molecule has 1 aliphatic rings. The van der Waals surface area contributed by atoms with E-state index in [1.807, 2.05) is 43.3 Å². The molecule has 3 rings (SSSR count). The van der Waals surface area contributed by atoms with Crippen LogP contribution in [0.25, 0.3) is 11.1 Å². The monoisotopic (exact) mass is 336 g/mol. The van der Waals surface area contributed by atoms with Crippen molar-refractivity contribution >= 4 is 23.4 Å². The highest BCUT2D eigenvalue weighted by Crippen LogP contribution is 2.31. The maximum absolute atomic E-state index is 12.5. The number of rotatable bonds is 3.